The SMILES string of the molecule is O=C(NCc1cc[nH]c1)C1(c2cccc(Cl)c2)CCC1. The van der Waals surface area contributed by atoms with E-state index in [1.165, 1.54) is 0 Å². The molecule has 1 saturated carbocycles. The standard InChI is InChI=1S/C16H17ClN2O/c17-14-4-1-3-13(9-14)16(6-2-7-16)15(20)19-11-12-5-8-18-10-12/h1,3-5,8-10,18H,2,6-7,11H2,(H,19,20). The lowest BCUT2D eigenvalue weighted by Gasteiger charge is -2.40. The Morgan fingerprint density at radius 2 is 2.20 bits per heavy atom. The molecule has 0 unspecified atom stereocenters. The number of aromatic amines is 1. The van der Waals surface area contributed by atoms with Crippen LogP contribution in [0.3, 0.4) is 0 Å². The van der Waals surface area contributed by atoms with Crippen LogP contribution in [-0.4, -0.2) is 10.9 Å². The van der Waals surface area contributed by atoms with E-state index in [-0.39, 0.29) is 11.3 Å². The molecule has 3 nitrogen and oxygen atoms in total. The molecule has 1 aliphatic carbocycles. The van der Waals surface area contributed by atoms with E-state index in [9.17, 15) is 4.79 Å². The van der Waals surface area contributed by atoms with Crippen LogP contribution in [0.1, 0.15) is 30.4 Å². The molecule has 3 rings (SSSR count). The molecule has 1 aromatic carbocycles. The molecule has 1 aromatic heterocycles. The number of hydrogen-bond donors (Lipinski definition) is 2. The molecule has 4 heteroatoms. The molecule has 1 heterocycles. The molecular formula is C16H17ClN2O. The zero-order chi connectivity index (χ0) is 14.0. The zero-order valence-corrected chi connectivity index (χ0v) is 11.9. The van der Waals surface area contributed by atoms with Crippen molar-refractivity contribution in [3.63, 3.8) is 0 Å². The van der Waals surface area contributed by atoms with Gasteiger partial charge in [-0.25, -0.2) is 0 Å². The van der Waals surface area contributed by atoms with E-state index in [2.05, 4.69) is 10.3 Å². The Morgan fingerprint density at radius 3 is 2.80 bits per heavy atom. The van der Waals surface area contributed by atoms with Crippen molar-refractivity contribution in [2.75, 3.05) is 0 Å². The minimum atomic E-state index is -0.388. The van der Waals surface area contributed by atoms with Crippen molar-refractivity contribution in [2.24, 2.45) is 0 Å². The monoisotopic (exact) mass is 288 g/mol. The highest BCUT2D eigenvalue weighted by atomic mass is 35.5. The van der Waals surface area contributed by atoms with E-state index in [0.29, 0.717) is 11.6 Å². The van der Waals surface area contributed by atoms with Crippen molar-refractivity contribution >= 4 is 17.5 Å². The van der Waals surface area contributed by atoms with Gasteiger partial charge in [0, 0.05) is 24.0 Å². The van der Waals surface area contributed by atoms with Gasteiger partial charge in [0.05, 0.1) is 5.41 Å². The smallest absolute Gasteiger partial charge is 0.230 e. The molecular weight excluding hydrogens is 272 g/mol. The van der Waals surface area contributed by atoms with Crippen molar-refractivity contribution in [1.82, 2.24) is 10.3 Å². The van der Waals surface area contributed by atoms with E-state index in [4.69, 9.17) is 11.6 Å². The Hall–Kier alpha value is -1.74. The molecule has 1 fully saturated rings. The molecule has 0 radical (unpaired) electrons. The van der Waals surface area contributed by atoms with Gasteiger partial charge in [-0.1, -0.05) is 30.2 Å². The van der Waals surface area contributed by atoms with Gasteiger partial charge in [0.15, 0.2) is 0 Å². The first kappa shape index (κ1) is 13.3. The average Bonchev–Trinajstić information content (AvgIpc) is 2.88. The highest BCUT2D eigenvalue weighted by molar-refractivity contribution is 6.30. The van der Waals surface area contributed by atoms with Gasteiger partial charge in [-0.3, -0.25) is 4.79 Å². The first-order valence-electron chi connectivity index (χ1n) is 6.87. The fourth-order valence-corrected chi connectivity index (χ4v) is 2.97. The third-order valence-electron chi connectivity index (χ3n) is 4.13. The summed E-state index contributed by atoms with van der Waals surface area (Å²) in [6.07, 6.45) is 6.63. The summed E-state index contributed by atoms with van der Waals surface area (Å²) in [6.45, 7) is 0.560. The molecule has 2 N–H and O–H groups in total. The number of H-pyrrole nitrogens is 1. The van der Waals surface area contributed by atoms with Crippen LogP contribution >= 0.6 is 11.6 Å². The summed E-state index contributed by atoms with van der Waals surface area (Å²) in [7, 11) is 0. The van der Waals surface area contributed by atoms with Gasteiger partial charge >= 0.3 is 0 Å². The molecule has 1 amide bonds. The molecule has 1 aliphatic rings. The third-order valence-corrected chi connectivity index (χ3v) is 4.37. The van der Waals surface area contributed by atoms with Gasteiger partial charge in [-0.2, -0.15) is 0 Å². The minimum absolute atomic E-state index is 0.104. The number of amides is 1. The summed E-state index contributed by atoms with van der Waals surface area (Å²) in [4.78, 5) is 15.6. The van der Waals surface area contributed by atoms with Crippen molar-refractivity contribution in [2.45, 2.75) is 31.2 Å². The maximum absolute atomic E-state index is 12.6. The normalized spacial score (nSPS) is 16.4. The lowest BCUT2D eigenvalue weighted by Crippen LogP contribution is -2.48. The van der Waals surface area contributed by atoms with E-state index in [0.717, 1.165) is 30.4 Å². The van der Waals surface area contributed by atoms with Crippen LogP contribution in [0.5, 0.6) is 0 Å². The molecule has 104 valence electrons. The maximum Gasteiger partial charge on any atom is 0.230 e. The fraction of sp³-hybridized carbons (Fsp3) is 0.312. The summed E-state index contributed by atoms with van der Waals surface area (Å²) < 4.78 is 0. The van der Waals surface area contributed by atoms with Crippen molar-refractivity contribution < 1.29 is 4.79 Å². The Bertz CT molecular complexity index is 603. The lowest BCUT2D eigenvalue weighted by molar-refractivity contribution is -0.130. The largest absolute Gasteiger partial charge is 0.367 e. The van der Waals surface area contributed by atoms with Crippen molar-refractivity contribution in [1.29, 1.82) is 0 Å². The summed E-state index contributed by atoms with van der Waals surface area (Å²) in [5.41, 5.74) is 1.73. The Kier molecular flexibility index (Phi) is 3.53. The number of nitrogens with one attached hydrogen (secondary N) is 2. The average molecular weight is 289 g/mol. The molecule has 0 saturated heterocycles. The third kappa shape index (κ3) is 2.34. The van der Waals surface area contributed by atoms with Crippen LogP contribution in [0.2, 0.25) is 5.02 Å². The van der Waals surface area contributed by atoms with E-state index in [1.54, 1.807) is 0 Å². The number of hydrogen-bond acceptors (Lipinski definition) is 1. The number of benzene rings is 1. The van der Waals surface area contributed by atoms with Gasteiger partial charge in [0.25, 0.3) is 0 Å². The molecule has 0 aliphatic heterocycles. The number of halogens is 1. The number of rotatable bonds is 4. The van der Waals surface area contributed by atoms with Crippen LogP contribution in [0.4, 0.5) is 0 Å². The zero-order valence-electron chi connectivity index (χ0n) is 11.2. The summed E-state index contributed by atoms with van der Waals surface area (Å²) in [5.74, 6) is 0.104. The Labute approximate surface area is 123 Å². The second kappa shape index (κ2) is 5.33. The molecule has 0 spiro atoms. The van der Waals surface area contributed by atoms with Crippen LogP contribution < -0.4 is 5.32 Å². The highest BCUT2D eigenvalue weighted by Gasteiger charge is 2.45. The first-order chi connectivity index (χ1) is 9.71. The summed E-state index contributed by atoms with van der Waals surface area (Å²) >= 11 is 6.06. The highest BCUT2D eigenvalue weighted by Crippen LogP contribution is 2.44. The van der Waals surface area contributed by atoms with E-state index < -0.39 is 0 Å². The van der Waals surface area contributed by atoms with Crippen molar-refractivity contribution in [3.05, 3.63) is 58.9 Å². The van der Waals surface area contributed by atoms with Gasteiger partial charge < -0.3 is 10.3 Å². The topological polar surface area (TPSA) is 44.9 Å². The minimum Gasteiger partial charge on any atom is -0.367 e. The first-order valence-corrected chi connectivity index (χ1v) is 7.24. The van der Waals surface area contributed by atoms with E-state index in [1.807, 2.05) is 42.7 Å². The molecule has 2 aromatic rings. The predicted molar refractivity (Wildman–Crippen MR) is 79.6 cm³/mol. The van der Waals surface area contributed by atoms with Gasteiger partial charge in [0.2, 0.25) is 5.91 Å². The Balaban J connectivity index is 1.76. The lowest BCUT2D eigenvalue weighted by atomic mass is 9.64. The molecule has 20 heavy (non-hydrogen) atoms. The van der Waals surface area contributed by atoms with E-state index >= 15 is 0 Å². The van der Waals surface area contributed by atoms with Crippen LogP contribution in [0.25, 0.3) is 0 Å². The number of carbonyl (C=O) groups excluding carboxylic acids is 1. The summed E-state index contributed by atoms with van der Waals surface area (Å²) in [5, 5.41) is 3.73. The molecule has 0 bridgehead atoms. The second-order valence-corrected chi connectivity index (χ2v) is 5.78. The Morgan fingerprint density at radius 1 is 1.35 bits per heavy atom. The van der Waals surface area contributed by atoms with Gasteiger partial charge in [0.1, 0.15) is 0 Å². The van der Waals surface area contributed by atoms with Crippen LogP contribution in [0.15, 0.2) is 42.7 Å². The van der Waals surface area contributed by atoms with Gasteiger partial charge in [-0.15, -0.1) is 0 Å². The molecule has 0 atom stereocenters. The van der Waals surface area contributed by atoms with Crippen LogP contribution in [0, 0.1) is 0 Å². The summed E-state index contributed by atoms with van der Waals surface area (Å²) in [6, 6.07) is 9.64. The second-order valence-electron chi connectivity index (χ2n) is 5.35. The van der Waals surface area contributed by atoms with Crippen molar-refractivity contribution in [3.8, 4) is 0 Å². The van der Waals surface area contributed by atoms with Gasteiger partial charge in [-0.05, 0) is 42.2 Å². The predicted octanol–water partition coefficient (Wildman–Crippen LogP) is 3.41. The maximum atomic E-state index is 12.6. The number of carbonyl (C=O) groups is 1. The fourth-order valence-electron chi connectivity index (χ4n) is 2.78. The number of aromatic nitrogens is 1. The quantitative estimate of drug-likeness (QED) is 0.890. The van der Waals surface area contributed by atoms with Crippen LogP contribution in [-0.2, 0) is 16.8 Å².